The summed E-state index contributed by atoms with van der Waals surface area (Å²) in [7, 11) is 0. The molecule has 0 radical (unpaired) electrons. The first-order valence-electron chi connectivity index (χ1n) is 16.3. The van der Waals surface area contributed by atoms with E-state index in [2.05, 4.69) is 117 Å². The van der Waals surface area contributed by atoms with E-state index in [1.165, 1.54) is 22.3 Å². The Balaban J connectivity index is 1.18. The summed E-state index contributed by atoms with van der Waals surface area (Å²) >= 11 is 0. The van der Waals surface area contributed by atoms with Gasteiger partial charge in [-0.15, -0.1) is 10.2 Å². The van der Waals surface area contributed by atoms with Gasteiger partial charge in [-0.3, -0.25) is 0 Å². The molecule has 10 rings (SSSR count). The molecule has 0 saturated carbocycles. The third-order valence-electron chi connectivity index (χ3n) is 10.1. The molecule has 48 heavy (non-hydrogen) atoms. The summed E-state index contributed by atoms with van der Waals surface area (Å²) in [5.74, 6) is 0.698. The zero-order chi connectivity index (χ0) is 32.0. The number of benzene rings is 7. The molecule has 9 aromatic rings. The minimum Gasteiger partial charge on any atom is -0.228 e. The quantitative estimate of drug-likeness (QED) is 0.186. The van der Waals surface area contributed by atoms with Gasteiger partial charge in [-0.2, -0.15) is 4.80 Å². The fourth-order valence-corrected chi connectivity index (χ4v) is 7.63. The summed E-state index contributed by atoms with van der Waals surface area (Å²) in [6.45, 7) is 4.63. The Morgan fingerprint density at radius 2 is 1.25 bits per heavy atom. The molecular formula is C43H29N5. The maximum Gasteiger partial charge on any atom is 0.160 e. The van der Waals surface area contributed by atoms with Crippen molar-refractivity contribution in [3.05, 3.63) is 151 Å². The van der Waals surface area contributed by atoms with Crippen molar-refractivity contribution in [1.29, 1.82) is 0 Å². The number of aromatic nitrogens is 5. The van der Waals surface area contributed by atoms with Gasteiger partial charge in [0.2, 0.25) is 0 Å². The van der Waals surface area contributed by atoms with E-state index in [9.17, 15) is 0 Å². The van der Waals surface area contributed by atoms with Gasteiger partial charge < -0.3 is 0 Å². The van der Waals surface area contributed by atoms with Crippen LogP contribution in [-0.2, 0) is 5.41 Å². The molecular weight excluding hydrogens is 587 g/mol. The van der Waals surface area contributed by atoms with Crippen LogP contribution in [0.25, 0.3) is 82.9 Å². The Kier molecular flexibility index (Phi) is 5.56. The van der Waals surface area contributed by atoms with Crippen molar-refractivity contribution in [1.82, 2.24) is 25.0 Å². The monoisotopic (exact) mass is 615 g/mol. The smallest absolute Gasteiger partial charge is 0.160 e. The van der Waals surface area contributed by atoms with Crippen LogP contribution in [0.4, 0.5) is 0 Å². The van der Waals surface area contributed by atoms with E-state index in [0.29, 0.717) is 5.82 Å². The molecule has 5 nitrogen and oxygen atoms in total. The average molecular weight is 616 g/mol. The fraction of sp³-hybridized carbons (Fsp3) is 0.0698. The minimum atomic E-state index is -0.0465. The number of hydrogen-bond acceptors (Lipinski definition) is 4. The molecule has 7 aromatic carbocycles. The van der Waals surface area contributed by atoms with E-state index in [4.69, 9.17) is 20.2 Å². The van der Waals surface area contributed by atoms with Crippen molar-refractivity contribution in [2.75, 3.05) is 0 Å². The number of hydrogen-bond donors (Lipinski definition) is 0. The normalized spacial score (nSPS) is 13.4. The molecule has 0 fully saturated rings. The molecule has 1 aliphatic rings. The summed E-state index contributed by atoms with van der Waals surface area (Å²) in [6, 6.07) is 49.0. The third-order valence-corrected chi connectivity index (χ3v) is 10.1. The number of fused-ring (bicyclic) bond motifs is 9. The SMILES string of the molecule is CC1(C)c2ccccc2-c2cc(-c3nc(-c4ccc5ccc6ccc7nn(-c8ccccc8)nc7c6c5c4)nc4ccccc34)ccc21. The molecule has 0 atom stereocenters. The molecule has 226 valence electrons. The Labute approximate surface area is 277 Å². The van der Waals surface area contributed by atoms with Crippen LogP contribution in [0.15, 0.2) is 140 Å². The first-order chi connectivity index (χ1) is 23.5. The van der Waals surface area contributed by atoms with Crippen molar-refractivity contribution in [3.63, 3.8) is 0 Å². The van der Waals surface area contributed by atoms with Crippen LogP contribution in [0.1, 0.15) is 25.0 Å². The van der Waals surface area contributed by atoms with Crippen LogP contribution < -0.4 is 0 Å². The van der Waals surface area contributed by atoms with Gasteiger partial charge in [-0.1, -0.05) is 117 Å². The number of nitrogens with zero attached hydrogens (tertiary/aromatic N) is 5. The highest BCUT2D eigenvalue weighted by Crippen LogP contribution is 2.49. The highest BCUT2D eigenvalue weighted by Gasteiger charge is 2.35. The van der Waals surface area contributed by atoms with E-state index in [0.717, 1.165) is 66.0 Å². The molecule has 0 unspecified atom stereocenters. The zero-order valence-electron chi connectivity index (χ0n) is 26.5. The molecule has 0 N–H and O–H groups in total. The molecule has 0 bridgehead atoms. The van der Waals surface area contributed by atoms with E-state index in [1.807, 2.05) is 36.4 Å². The number of rotatable bonds is 3. The lowest BCUT2D eigenvalue weighted by Crippen LogP contribution is -2.14. The Morgan fingerprint density at radius 1 is 0.521 bits per heavy atom. The summed E-state index contributed by atoms with van der Waals surface area (Å²) in [6.07, 6.45) is 0. The van der Waals surface area contributed by atoms with E-state index < -0.39 is 0 Å². The van der Waals surface area contributed by atoms with Crippen molar-refractivity contribution in [3.8, 4) is 39.5 Å². The van der Waals surface area contributed by atoms with Gasteiger partial charge in [-0.05, 0) is 74.8 Å². The Bertz CT molecular complexity index is 2760. The van der Waals surface area contributed by atoms with Crippen LogP contribution in [0.3, 0.4) is 0 Å². The maximum absolute atomic E-state index is 5.31. The lowest BCUT2D eigenvalue weighted by atomic mass is 9.82. The van der Waals surface area contributed by atoms with Gasteiger partial charge in [0, 0.05) is 27.3 Å². The van der Waals surface area contributed by atoms with Gasteiger partial charge in [0.05, 0.1) is 16.9 Å². The largest absolute Gasteiger partial charge is 0.228 e. The summed E-state index contributed by atoms with van der Waals surface area (Å²) in [5, 5.41) is 15.3. The third kappa shape index (κ3) is 3.91. The highest BCUT2D eigenvalue weighted by molar-refractivity contribution is 6.18. The highest BCUT2D eigenvalue weighted by atomic mass is 15.5. The molecule has 0 spiro atoms. The Morgan fingerprint density at radius 3 is 2.17 bits per heavy atom. The number of para-hydroxylation sites is 2. The Hall–Kier alpha value is -6.20. The predicted molar refractivity (Wildman–Crippen MR) is 195 cm³/mol. The minimum absolute atomic E-state index is 0.0465. The van der Waals surface area contributed by atoms with Crippen molar-refractivity contribution in [2.24, 2.45) is 0 Å². The van der Waals surface area contributed by atoms with Gasteiger partial charge in [0.1, 0.15) is 11.0 Å². The first kappa shape index (κ1) is 27.0. The lowest BCUT2D eigenvalue weighted by Gasteiger charge is -2.21. The van der Waals surface area contributed by atoms with Gasteiger partial charge in [0.15, 0.2) is 5.82 Å². The van der Waals surface area contributed by atoms with Crippen molar-refractivity contribution >= 4 is 43.5 Å². The topological polar surface area (TPSA) is 56.5 Å². The zero-order valence-corrected chi connectivity index (χ0v) is 26.5. The molecule has 1 aliphatic carbocycles. The predicted octanol–water partition coefficient (Wildman–Crippen LogP) is 10.3. The average Bonchev–Trinajstić information content (AvgIpc) is 3.68. The van der Waals surface area contributed by atoms with E-state index in [1.54, 1.807) is 4.80 Å². The molecule has 2 heterocycles. The lowest BCUT2D eigenvalue weighted by molar-refractivity contribution is 0.660. The molecule has 0 aliphatic heterocycles. The fourth-order valence-electron chi connectivity index (χ4n) is 7.63. The van der Waals surface area contributed by atoms with Crippen LogP contribution in [-0.4, -0.2) is 25.0 Å². The van der Waals surface area contributed by atoms with Gasteiger partial charge >= 0.3 is 0 Å². The second-order valence-corrected chi connectivity index (χ2v) is 13.2. The van der Waals surface area contributed by atoms with Crippen LogP contribution >= 0.6 is 0 Å². The van der Waals surface area contributed by atoms with Crippen LogP contribution in [0.5, 0.6) is 0 Å². The maximum atomic E-state index is 5.31. The molecule has 0 saturated heterocycles. The standard InChI is InChI=1S/C43H29N5/c1-43(2)35-14-8-6-12-31(35)34-24-28(20-22-36(34)43)40-32-13-7-9-15-37(32)44-42(45-40)29-19-17-26-16-18-27-21-23-38-41(39(27)33(26)25-29)47-48(46-38)30-10-4-3-5-11-30/h3-25H,1-2H3. The van der Waals surface area contributed by atoms with Gasteiger partial charge in [-0.25, -0.2) is 9.97 Å². The second-order valence-electron chi connectivity index (χ2n) is 13.2. The summed E-state index contributed by atoms with van der Waals surface area (Å²) < 4.78 is 0. The van der Waals surface area contributed by atoms with Crippen LogP contribution in [0, 0.1) is 0 Å². The molecule has 2 aromatic heterocycles. The first-order valence-corrected chi connectivity index (χ1v) is 16.3. The summed E-state index contributed by atoms with van der Waals surface area (Å²) in [4.78, 5) is 12.1. The van der Waals surface area contributed by atoms with E-state index >= 15 is 0 Å². The second kappa shape index (κ2) is 9.90. The molecule has 5 heteroatoms. The van der Waals surface area contributed by atoms with Gasteiger partial charge in [0.25, 0.3) is 0 Å². The van der Waals surface area contributed by atoms with Crippen molar-refractivity contribution < 1.29 is 0 Å². The van der Waals surface area contributed by atoms with Crippen LogP contribution in [0.2, 0.25) is 0 Å². The molecule has 0 amide bonds. The van der Waals surface area contributed by atoms with Crippen molar-refractivity contribution in [2.45, 2.75) is 19.3 Å². The van der Waals surface area contributed by atoms with E-state index in [-0.39, 0.29) is 5.41 Å². The summed E-state index contributed by atoms with van der Waals surface area (Å²) in [5.41, 5.74) is 11.8.